The molecule has 0 amide bonds. The first-order valence-corrected chi connectivity index (χ1v) is 33.9. The number of aliphatic imine (C=N–C) groups is 4. The maximum absolute atomic E-state index is 13.3. The highest BCUT2D eigenvalue weighted by molar-refractivity contribution is 14.1. The summed E-state index contributed by atoms with van der Waals surface area (Å²) in [7, 11) is -1.89. The Labute approximate surface area is 590 Å². The van der Waals surface area contributed by atoms with Crippen LogP contribution in [0.1, 0.15) is 75.6 Å². The van der Waals surface area contributed by atoms with Crippen LogP contribution in [0.15, 0.2) is 232 Å². The molecule has 8 aromatic rings. The number of nitrogens with zero attached hydrogens (tertiary/aromatic N) is 10. The van der Waals surface area contributed by atoms with E-state index in [4.69, 9.17) is 29.5 Å². The quantitative estimate of drug-likeness (QED) is 0.0222. The fourth-order valence-corrected chi connectivity index (χ4v) is 9.18. The lowest BCUT2D eigenvalue weighted by atomic mass is 9.80. The van der Waals surface area contributed by atoms with Gasteiger partial charge in [0.05, 0.1) is 28.5 Å². The number of carboxylic acids is 1. The molecular weight excluding hydrogens is 1530 g/mol. The van der Waals surface area contributed by atoms with Crippen molar-refractivity contribution >= 4 is 124 Å². The lowest BCUT2D eigenvalue weighted by Gasteiger charge is -2.17. The lowest BCUT2D eigenvalue weighted by molar-refractivity contribution is -0.134. The van der Waals surface area contributed by atoms with Gasteiger partial charge in [-0.05, 0) is 91.5 Å². The molecular formula is C69H74BBr3F4IN11O6. The van der Waals surface area contributed by atoms with Crippen molar-refractivity contribution in [1.82, 2.24) is 35.2 Å². The van der Waals surface area contributed by atoms with Gasteiger partial charge in [0.25, 0.3) is 5.97 Å². The van der Waals surface area contributed by atoms with Crippen molar-refractivity contribution in [1.29, 1.82) is 0 Å². The normalized spacial score (nSPS) is 12.3. The van der Waals surface area contributed by atoms with E-state index in [1.165, 1.54) is 34.4 Å². The van der Waals surface area contributed by atoms with Gasteiger partial charge in [0.1, 0.15) is 27.9 Å². The minimum Gasteiger partial charge on any atom is -0.481 e. The number of aldehydes is 2. The molecule has 0 unspecified atom stereocenters. The van der Waals surface area contributed by atoms with E-state index in [0.717, 1.165) is 120 Å². The summed E-state index contributed by atoms with van der Waals surface area (Å²) >= 11 is 12.2. The van der Waals surface area contributed by atoms with Gasteiger partial charge in [-0.15, -0.1) is 0 Å². The van der Waals surface area contributed by atoms with Crippen molar-refractivity contribution in [2.75, 3.05) is 4.93 Å². The minimum atomic E-state index is -1.89. The number of aliphatic carboxylic acids is 1. The number of benzene rings is 4. The number of imidazole rings is 2. The third-order valence-electron chi connectivity index (χ3n) is 11.9. The van der Waals surface area contributed by atoms with Crippen LogP contribution < -0.4 is 11.6 Å². The van der Waals surface area contributed by atoms with Crippen LogP contribution >= 0.6 is 70.4 Å². The number of aromatic nitrogens is 6. The molecule has 0 bridgehead atoms. The van der Waals surface area contributed by atoms with Gasteiger partial charge in [-0.25, -0.2) is 32.5 Å². The lowest BCUT2D eigenvalue weighted by Crippen LogP contribution is -2.32. The van der Waals surface area contributed by atoms with Crippen LogP contribution in [0.3, 0.4) is 0 Å². The van der Waals surface area contributed by atoms with Crippen LogP contribution in [0.5, 0.6) is 0 Å². The number of hydrogen-bond acceptors (Lipinski definition) is 14. The standard InChI is InChI=1S/C14H12N4.C11H7F2N.C8H8Br2.2C8H8N2.C6H5BF2O2.C5H4BrN.C4H10.C2H4O2.C2H2O2.CH3I.H3N/c1-2-4-12-10-18-8-6-16-14(18)13-15-5-7-17(13)9-11(12)3-1;12-8-4-5-9(10(13)7-8)11-3-1-2-6-14-11;9-5-7-3-1-2-4-8(7)6-10;2*1-3-7(9-5-1)8-4-2-6-10-8;8-4-1-2-5(7(10)11)6(9)3-4;6-5-3-1-2-4-7-5;1-4(2)3;1-2(3)4;3-1-2-4;1-2;/h1-8H,9-10H2;1-7H;1-4H,5-6H2;2*1-2,5-6H,3-4H2;1-3,10-11H;1-4H;4H,1-3H3;1H3,(H,3,4);1-2H;1H3;1H3. The monoisotopic (exact) mass is 1600 g/mol. The Morgan fingerprint density at radius 2 is 0.947 bits per heavy atom. The second-order valence-corrected chi connectivity index (χ2v) is 21.7. The van der Waals surface area contributed by atoms with E-state index in [-0.39, 0.29) is 24.2 Å². The van der Waals surface area contributed by atoms with Crippen molar-refractivity contribution in [3.05, 3.63) is 258 Å². The predicted octanol–water partition coefficient (Wildman–Crippen LogP) is 15.9. The molecule has 5 aliphatic heterocycles. The van der Waals surface area contributed by atoms with Crippen molar-refractivity contribution < 1.29 is 47.1 Å². The molecule has 4 aromatic heterocycles. The summed E-state index contributed by atoms with van der Waals surface area (Å²) in [5, 5.41) is 26.3. The molecule has 0 saturated heterocycles. The second-order valence-electron chi connectivity index (χ2n) is 19.8. The molecule has 6 N–H and O–H groups in total. The molecule has 0 radical (unpaired) electrons. The summed E-state index contributed by atoms with van der Waals surface area (Å²) in [4.78, 5) is 62.0. The zero-order chi connectivity index (χ0) is 69.0. The summed E-state index contributed by atoms with van der Waals surface area (Å²) in [5.41, 5.74) is 10.4. The summed E-state index contributed by atoms with van der Waals surface area (Å²) in [5.74, 6) is -0.998. The molecule has 95 heavy (non-hydrogen) atoms. The van der Waals surface area contributed by atoms with E-state index in [2.05, 4.69) is 213 Å². The average Bonchev–Trinajstić information content (AvgIpc) is 1.69. The number of alkyl halides is 3. The third-order valence-corrected chi connectivity index (χ3v) is 13.6. The zero-order valence-corrected chi connectivity index (χ0v) is 59.8. The van der Waals surface area contributed by atoms with E-state index in [1.807, 2.05) is 72.7 Å². The Balaban J connectivity index is 0.000000369. The van der Waals surface area contributed by atoms with Crippen molar-refractivity contribution in [3.63, 3.8) is 0 Å². The van der Waals surface area contributed by atoms with Crippen LogP contribution in [0, 0.1) is 29.2 Å². The summed E-state index contributed by atoms with van der Waals surface area (Å²) < 4.78 is 55.8. The molecule has 500 valence electrons. The number of carbonyl (C=O) groups is 3. The Hall–Kier alpha value is -8.12. The number of rotatable bonds is 7. The van der Waals surface area contributed by atoms with Gasteiger partial charge in [0.15, 0.2) is 24.2 Å². The van der Waals surface area contributed by atoms with Crippen LogP contribution in [0.2, 0.25) is 0 Å². The summed E-state index contributed by atoms with van der Waals surface area (Å²) in [6.45, 7) is 9.30. The number of carboxylic acid groups (broad SMARTS) is 1. The molecule has 0 spiro atoms. The van der Waals surface area contributed by atoms with E-state index in [1.54, 1.807) is 30.6 Å². The SMILES string of the molecule is BrCc1ccccc1CBr.Brc1ccccn1.C1=CN=C(C2=NC=CC2)C1.C1=CN=C(C2=NC=CC2)C1.CC(=O)O.CC(C)C.CI.Fc1ccc(-c2ccccn2)c(F)c1.N.O=CC=O.OB(O)c1ccc(F)cc1F.c1ccc2c(c1)Cn1ccnc1-c1nccn1C2. The van der Waals surface area contributed by atoms with Crippen LogP contribution in [-0.4, -0.2) is 97.7 Å². The Kier molecular flexibility index (Phi) is 42.4. The van der Waals surface area contributed by atoms with E-state index in [9.17, 15) is 17.6 Å². The first-order chi connectivity index (χ1) is 45.4. The molecule has 4 aromatic carbocycles. The maximum atomic E-state index is 13.3. The smallest absolute Gasteiger partial charge is 0.481 e. The van der Waals surface area contributed by atoms with Gasteiger partial charge in [-0.2, -0.15) is 0 Å². The van der Waals surface area contributed by atoms with E-state index in [0.29, 0.717) is 17.3 Å². The van der Waals surface area contributed by atoms with Crippen LogP contribution in [-0.2, 0) is 38.1 Å². The minimum absolute atomic E-state index is 0. The number of halogens is 8. The largest absolute Gasteiger partial charge is 0.491 e. The highest BCUT2D eigenvalue weighted by atomic mass is 127. The van der Waals surface area contributed by atoms with E-state index < -0.39 is 36.4 Å². The first kappa shape index (κ1) is 83.0. The fraction of sp³-hybridized carbons (Fsp3) is 0.203. The van der Waals surface area contributed by atoms with Crippen molar-refractivity contribution in [2.24, 2.45) is 25.9 Å². The molecule has 26 heteroatoms. The molecule has 17 nitrogen and oxygen atoms in total. The van der Waals surface area contributed by atoms with Gasteiger partial charge in [0, 0.05) is 141 Å². The number of hydrogen-bond donors (Lipinski definition) is 4. The molecule has 0 saturated carbocycles. The molecule has 0 atom stereocenters. The van der Waals surface area contributed by atoms with Gasteiger partial charge in [-0.1, -0.05) is 166 Å². The number of allylic oxidation sites excluding steroid dienone is 4. The molecule has 5 aliphatic rings. The zero-order valence-electron chi connectivity index (χ0n) is 52.9. The highest BCUT2D eigenvalue weighted by Crippen LogP contribution is 2.24. The topological polar surface area (TPSA) is 258 Å². The maximum Gasteiger partial charge on any atom is 0.491 e. The molecule has 0 aliphatic carbocycles. The Bertz CT molecular complexity index is 3640. The van der Waals surface area contributed by atoms with Gasteiger partial charge < -0.3 is 30.4 Å². The molecule has 9 heterocycles. The number of carbonyl (C=O) groups excluding carboxylic acids is 2. The molecule has 0 fully saturated rings. The van der Waals surface area contributed by atoms with Gasteiger partial charge in [0.2, 0.25) is 0 Å². The Morgan fingerprint density at radius 1 is 0.568 bits per heavy atom. The number of fused-ring (bicyclic) bond motifs is 4. The fourth-order valence-electron chi connectivity index (χ4n) is 7.82. The van der Waals surface area contributed by atoms with Crippen molar-refractivity contribution in [2.45, 2.75) is 77.1 Å². The van der Waals surface area contributed by atoms with Gasteiger partial charge >= 0.3 is 7.12 Å². The third kappa shape index (κ3) is 32.3. The predicted molar refractivity (Wildman–Crippen MR) is 393 cm³/mol. The summed E-state index contributed by atoms with van der Waals surface area (Å²) in [6.07, 6.45) is 30.8. The first-order valence-electron chi connectivity index (χ1n) is 28.7. The van der Waals surface area contributed by atoms with Crippen LogP contribution in [0.25, 0.3) is 22.9 Å². The van der Waals surface area contributed by atoms with E-state index >= 15 is 0 Å². The van der Waals surface area contributed by atoms with Crippen molar-refractivity contribution in [3.8, 4) is 22.9 Å². The van der Waals surface area contributed by atoms with Crippen LogP contribution in [0.4, 0.5) is 17.6 Å². The Morgan fingerprint density at radius 3 is 1.25 bits per heavy atom. The summed E-state index contributed by atoms with van der Waals surface area (Å²) in [6, 6.07) is 33.8. The highest BCUT2D eigenvalue weighted by Gasteiger charge is 2.19. The van der Waals surface area contributed by atoms with Gasteiger partial charge in [-0.3, -0.25) is 39.3 Å². The second kappa shape index (κ2) is 48.6. The number of pyridine rings is 2. The average molecular weight is 1610 g/mol. The molecule has 13 rings (SSSR count).